The smallest absolute Gasteiger partial charge is 0.418 e. The van der Waals surface area contributed by atoms with Crippen LogP contribution in [0.5, 0.6) is 0 Å². The third-order valence-corrected chi connectivity index (χ3v) is 3.87. The van der Waals surface area contributed by atoms with Gasteiger partial charge in [0.2, 0.25) is 5.78 Å². The molecule has 0 aliphatic heterocycles. The van der Waals surface area contributed by atoms with E-state index in [-0.39, 0.29) is 17.0 Å². The largest absolute Gasteiger partial charge is 0.459 e. The van der Waals surface area contributed by atoms with Gasteiger partial charge in [-0.2, -0.15) is 13.2 Å². The Labute approximate surface area is 158 Å². The van der Waals surface area contributed by atoms with E-state index in [0.717, 1.165) is 6.07 Å². The summed E-state index contributed by atoms with van der Waals surface area (Å²) >= 11 is 0. The van der Waals surface area contributed by atoms with Gasteiger partial charge in [0.25, 0.3) is 5.91 Å². The minimum absolute atomic E-state index is 0.0724. The summed E-state index contributed by atoms with van der Waals surface area (Å²) in [6.07, 6.45) is -4.80. The number of rotatable bonds is 6. The topological polar surface area (TPSA) is 71.3 Å². The van der Waals surface area contributed by atoms with Crippen LogP contribution >= 0.6 is 0 Å². The molecule has 0 fully saturated rings. The molecule has 0 spiro atoms. The fourth-order valence-electron chi connectivity index (χ4n) is 2.56. The lowest BCUT2D eigenvalue weighted by atomic mass is 10.1. The van der Waals surface area contributed by atoms with Gasteiger partial charge in [-0.1, -0.05) is 42.5 Å². The molecule has 1 unspecified atom stereocenters. The van der Waals surface area contributed by atoms with Crippen LogP contribution in [0, 0.1) is 0 Å². The predicted molar refractivity (Wildman–Crippen MR) is 95.8 cm³/mol. The molecule has 0 aliphatic rings. The molecule has 3 aromatic rings. The number of hydrogen-bond acceptors (Lipinski definition) is 4. The molecule has 8 heteroatoms. The lowest BCUT2D eigenvalue weighted by Crippen LogP contribution is -2.46. The van der Waals surface area contributed by atoms with Crippen LogP contribution < -0.4 is 10.6 Å². The lowest BCUT2D eigenvalue weighted by molar-refractivity contribution is -0.137. The highest BCUT2D eigenvalue weighted by atomic mass is 19.4. The van der Waals surface area contributed by atoms with Gasteiger partial charge in [-0.15, -0.1) is 0 Å². The summed E-state index contributed by atoms with van der Waals surface area (Å²) in [6.45, 7) is 0. The summed E-state index contributed by atoms with van der Waals surface area (Å²) in [5, 5.41) is 4.89. The highest BCUT2D eigenvalue weighted by Crippen LogP contribution is 2.34. The van der Waals surface area contributed by atoms with Gasteiger partial charge in [0, 0.05) is 11.3 Å². The van der Waals surface area contributed by atoms with E-state index in [1.165, 1.54) is 48.7 Å². The van der Waals surface area contributed by atoms with Gasteiger partial charge < -0.3 is 15.1 Å². The second-order valence-electron chi connectivity index (χ2n) is 5.80. The van der Waals surface area contributed by atoms with Gasteiger partial charge >= 0.3 is 6.18 Å². The molecule has 0 bridgehead atoms. The SMILES string of the molecule is O=C(NC(Nc1ccccc1C(F)(F)F)C(=O)c1ccccc1)c1ccco1. The molecule has 2 N–H and O–H groups in total. The maximum Gasteiger partial charge on any atom is 0.418 e. The van der Waals surface area contributed by atoms with Crippen LogP contribution in [0.4, 0.5) is 18.9 Å². The Morgan fingerprint density at radius 2 is 1.57 bits per heavy atom. The minimum Gasteiger partial charge on any atom is -0.459 e. The molecule has 2 aromatic carbocycles. The highest BCUT2D eigenvalue weighted by molar-refractivity contribution is 6.04. The Morgan fingerprint density at radius 3 is 2.21 bits per heavy atom. The molecule has 3 rings (SSSR count). The predicted octanol–water partition coefficient (Wildman–Crippen LogP) is 4.35. The Kier molecular flexibility index (Phi) is 5.49. The van der Waals surface area contributed by atoms with Crippen LogP contribution in [-0.4, -0.2) is 17.9 Å². The summed E-state index contributed by atoms with van der Waals surface area (Å²) < 4.78 is 44.8. The summed E-state index contributed by atoms with van der Waals surface area (Å²) in [5.74, 6) is -1.41. The average Bonchev–Trinajstić information content (AvgIpc) is 3.22. The molecule has 0 saturated heterocycles. The maximum atomic E-state index is 13.3. The normalized spacial score (nSPS) is 12.2. The first kappa shape index (κ1) is 19.2. The first-order valence-corrected chi connectivity index (χ1v) is 8.22. The monoisotopic (exact) mass is 388 g/mol. The van der Waals surface area contributed by atoms with E-state index in [9.17, 15) is 22.8 Å². The van der Waals surface area contributed by atoms with Crippen molar-refractivity contribution < 1.29 is 27.2 Å². The van der Waals surface area contributed by atoms with Crippen LogP contribution in [0.3, 0.4) is 0 Å². The summed E-state index contributed by atoms with van der Waals surface area (Å²) in [4.78, 5) is 25.1. The molecule has 144 valence electrons. The maximum absolute atomic E-state index is 13.3. The van der Waals surface area contributed by atoms with Crippen LogP contribution in [0.2, 0.25) is 0 Å². The molecule has 1 atom stereocenters. The molecular formula is C20H15F3N2O3. The molecule has 1 aromatic heterocycles. The average molecular weight is 388 g/mol. The van der Waals surface area contributed by atoms with Gasteiger partial charge in [-0.3, -0.25) is 9.59 Å². The van der Waals surface area contributed by atoms with Crippen LogP contribution in [-0.2, 0) is 6.18 Å². The number of alkyl halides is 3. The molecule has 5 nitrogen and oxygen atoms in total. The number of benzene rings is 2. The number of furan rings is 1. The van der Waals surface area contributed by atoms with E-state index in [1.807, 2.05) is 0 Å². The number of ketones is 1. The molecule has 0 saturated carbocycles. The van der Waals surface area contributed by atoms with Gasteiger partial charge in [0.1, 0.15) is 0 Å². The van der Waals surface area contributed by atoms with Gasteiger partial charge in [-0.05, 0) is 24.3 Å². The van der Waals surface area contributed by atoms with Crippen molar-refractivity contribution in [2.45, 2.75) is 12.3 Å². The number of hydrogen-bond donors (Lipinski definition) is 2. The molecule has 1 amide bonds. The highest BCUT2D eigenvalue weighted by Gasteiger charge is 2.34. The summed E-state index contributed by atoms with van der Waals surface area (Å²) in [7, 11) is 0. The number of nitrogens with one attached hydrogen (secondary N) is 2. The van der Waals surface area contributed by atoms with Gasteiger partial charge in [0.05, 0.1) is 11.8 Å². The second-order valence-corrected chi connectivity index (χ2v) is 5.80. The number of carbonyl (C=O) groups is 2. The van der Waals surface area contributed by atoms with Crippen molar-refractivity contribution >= 4 is 17.4 Å². The number of carbonyl (C=O) groups excluding carboxylic acids is 2. The Bertz CT molecular complexity index is 954. The zero-order valence-electron chi connectivity index (χ0n) is 14.4. The van der Waals surface area contributed by atoms with Crippen molar-refractivity contribution in [3.63, 3.8) is 0 Å². The van der Waals surface area contributed by atoms with Crippen LogP contribution in [0.1, 0.15) is 26.5 Å². The van der Waals surface area contributed by atoms with E-state index in [4.69, 9.17) is 4.42 Å². The number of Topliss-reactive ketones (excluding diaryl/α,β-unsaturated/α-hetero) is 1. The van der Waals surface area contributed by atoms with Gasteiger partial charge in [0.15, 0.2) is 11.9 Å². The Morgan fingerprint density at radius 1 is 0.893 bits per heavy atom. The first-order valence-electron chi connectivity index (χ1n) is 8.22. The van der Waals surface area contributed by atoms with E-state index < -0.39 is 29.6 Å². The van der Waals surface area contributed by atoms with E-state index in [1.54, 1.807) is 18.2 Å². The van der Waals surface area contributed by atoms with Crippen molar-refractivity contribution in [3.8, 4) is 0 Å². The second kappa shape index (κ2) is 7.99. The van der Waals surface area contributed by atoms with Crippen molar-refractivity contribution in [2.75, 3.05) is 5.32 Å². The molecule has 1 heterocycles. The first-order chi connectivity index (χ1) is 13.4. The standard InChI is InChI=1S/C20H15F3N2O3/c21-20(22,23)14-9-4-5-10-15(14)24-18(17(26)13-7-2-1-3-8-13)25-19(27)16-11-6-12-28-16/h1-12,18,24H,(H,25,27). The number of anilines is 1. The van der Waals surface area contributed by atoms with Crippen molar-refractivity contribution in [1.29, 1.82) is 0 Å². The van der Waals surface area contributed by atoms with E-state index >= 15 is 0 Å². The number of halogens is 3. The quantitative estimate of drug-likeness (QED) is 0.487. The number of para-hydroxylation sites is 1. The van der Waals surface area contributed by atoms with Crippen LogP contribution in [0.15, 0.2) is 77.4 Å². The fourth-order valence-corrected chi connectivity index (χ4v) is 2.56. The summed E-state index contributed by atoms with van der Waals surface area (Å²) in [5.41, 5.74) is -1.05. The van der Waals surface area contributed by atoms with Gasteiger partial charge in [-0.25, -0.2) is 0 Å². The molecular weight excluding hydrogens is 373 g/mol. The summed E-state index contributed by atoms with van der Waals surface area (Å²) in [6, 6.07) is 15.5. The Hall–Kier alpha value is -3.55. The van der Waals surface area contributed by atoms with E-state index in [0.29, 0.717) is 0 Å². The van der Waals surface area contributed by atoms with Crippen molar-refractivity contribution in [3.05, 3.63) is 89.9 Å². The molecule has 0 aliphatic carbocycles. The van der Waals surface area contributed by atoms with Crippen molar-refractivity contribution in [2.24, 2.45) is 0 Å². The minimum atomic E-state index is -4.63. The van der Waals surface area contributed by atoms with E-state index in [2.05, 4.69) is 10.6 Å². The molecule has 28 heavy (non-hydrogen) atoms. The Balaban J connectivity index is 1.93. The zero-order valence-corrected chi connectivity index (χ0v) is 14.4. The van der Waals surface area contributed by atoms with Crippen LogP contribution in [0.25, 0.3) is 0 Å². The zero-order chi connectivity index (χ0) is 20.1. The fraction of sp³-hybridized carbons (Fsp3) is 0.100. The third kappa shape index (κ3) is 4.40. The third-order valence-electron chi connectivity index (χ3n) is 3.87. The van der Waals surface area contributed by atoms with Crippen molar-refractivity contribution in [1.82, 2.24) is 5.32 Å². The lowest BCUT2D eigenvalue weighted by Gasteiger charge is -2.22. The molecule has 0 radical (unpaired) electrons. The number of amides is 1.